The first-order valence-corrected chi connectivity index (χ1v) is 5.43. The van der Waals surface area contributed by atoms with Crippen LogP contribution in [0.15, 0.2) is 30.0 Å². The minimum Gasteiger partial charge on any atom is -0.397 e. The van der Waals surface area contributed by atoms with Crippen LogP contribution in [0, 0.1) is 0 Å². The molecule has 0 atom stereocenters. The predicted octanol–water partition coefficient (Wildman–Crippen LogP) is 1.45. The van der Waals surface area contributed by atoms with Gasteiger partial charge in [0.2, 0.25) is 0 Å². The maximum atomic E-state index is 5.61. The molecular formula is C12H17N3O. The summed E-state index contributed by atoms with van der Waals surface area (Å²) in [6.45, 7) is 2.63. The molecule has 2 N–H and O–H groups in total. The first-order chi connectivity index (χ1) is 7.79. The Morgan fingerprint density at radius 3 is 2.94 bits per heavy atom. The molecule has 0 amide bonds. The van der Waals surface area contributed by atoms with Crippen molar-refractivity contribution in [1.82, 2.24) is 4.98 Å². The Kier molecular flexibility index (Phi) is 3.41. The van der Waals surface area contributed by atoms with Gasteiger partial charge in [0.25, 0.3) is 0 Å². The summed E-state index contributed by atoms with van der Waals surface area (Å²) in [4.78, 5) is 6.55. The summed E-state index contributed by atoms with van der Waals surface area (Å²) in [5.41, 5.74) is 7.68. The van der Waals surface area contributed by atoms with Crippen molar-refractivity contribution in [3.05, 3.63) is 30.0 Å². The zero-order valence-corrected chi connectivity index (χ0v) is 9.52. The zero-order valence-electron chi connectivity index (χ0n) is 9.52. The van der Waals surface area contributed by atoms with E-state index >= 15 is 0 Å². The molecule has 1 aromatic heterocycles. The van der Waals surface area contributed by atoms with Crippen LogP contribution in [-0.4, -0.2) is 31.8 Å². The van der Waals surface area contributed by atoms with Gasteiger partial charge in [-0.15, -0.1) is 0 Å². The predicted molar refractivity (Wildman–Crippen MR) is 65.4 cm³/mol. The number of nitrogens with two attached hydrogens (primary N) is 1. The van der Waals surface area contributed by atoms with E-state index in [0.717, 1.165) is 31.9 Å². The van der Waals surface area contributed by atoms with Crippen molar-refractivity contribution in [2.45, 2.75) is 6.42 Å². The number of pyridine rings is 1. The first-order valence-electron chi connectivity index (χ1n) is 5.43. The molecule has 16 heavy (non-hydrogen) atoms. The fourth-order valence-corrected chi connectivity index (χ4v) is 1.82. The molecule has 2 rings (SSSR count). The maximum absolute atomic E-state index is 5.61. The number of hydrogen-bond donors (Lipinski definition) is 1. The van der Waals surface area contributed by atoms with Gasteiger partial charge in [0.15, 0.2) is 0 Å². The lowest BCUT2D eigenvalue weighted by atomic mass is 10.1. The molecule has 0 bridgehead atoms. The highest BCUT2D eigenvalue weighted by molar-refractivity contribution is 5.47. The summed E-state index contributed by atoms with van der Waals surface area (Å²) in [5.74, 6) is 0.988. The molecule has 0 fully saturated rings. The van der Waals surface area contributed by atoms with Gasteiger partial charge in [-0.3, -0.25) is 0 Å². The summed E-state index contributed by atoms with van der Waals surface area (Å²) < 4.78 is 5.12. The minimum atomic E-state index is 0.705. The number of anilines is 2. The van der Waals surface area contributed by atoms with E-state index in [1.54, 1.807) is 13.3 Å². The van der Waals surface area contributed by atoms with Crippen molar-refractivity contribution in [2.24, 2.45) is 0 Å². The van der Waals surface area contributed by atoms with E-state index in [2.05, 4.69) is 16.0 Å². The van der Waals surface area contributed by atoms with E-state index in [-0.39, 0.29) is 0 Å². The van der Waals surface area contributed by atoms with Crippen LogP contribution in [0.2, 0.25) is 0 Å². The Labute approximate surface area is 95.7 Å². The molecule has 1 aliphatic heterocycles. The van der Waals surface area contributed by atoms with Crippen LogP contribution in [-0.2, 0) is 4.74 Å². The highest BCUT2D eigenvalue weighted by atomic mass is 16.5. The van der Waals surface area contributed by atoms with Crippen molar-refractivity contribution >= 4 is 11.5 Å². The standard InChI is InChI=1S/C12H17N3O/c1-16-9-10-4-6-15(7-5-10)12-3-2-11(13)8-14-12/h2-4,8H,5-7,9,13H2,1H3. The second-order valence-electron chi connectivity index (χ2n) is 3.94. The molecule has 0 spiro atoms. The van der Waals surface area contributed by atoms with Crippen LogP contribution in [0.25, 0.3) is 0 Å². The Morgan fingerprint density at radius 1 is 1.50 bits per heavy atom. The number of rotatable bonds is 3. The molecule has 1 aliphatic rings. The molecule has 1 aromatic rings. The summed E-state index contributed by atoms with van der Waals surface area (Å²) in [6, 6.07) is 3.85. The van der Waals surface area contributed by atoms with Crippen LogP contribution in [0.5, 0.6) is 0 Å². The van der Waals surface area contributed by atoms with E-state index in [0.29, 0.717) is 5.69 Å². The number of hydrogen-bond acceptors (Lipinski definition) is 4. The lowest BCUT2D eigenvalue weighted by Gasteiger charge is -2.27. The molecule has 4 heteroatoms. The largest absolute Gasteiger partial charge is 0.397 e. The number of nitrogens with zero attached hydrogens (tertiary/aromatic N) is 2. The van der Waals surface area contributed by atoms with E-state index in [1.165, 1.54) is 5.57 Å². The van der Waals surface area contributed by atoms with Crippen LogP contribution in [0.3, 0.4) is 0 Å². The highest BCUT2D eigenvalue weighted by Crippen LogP contribution is 2.18. The zero-order chi connectivity index (χ0) is 11.4. The number of nitrogen functional groups attached to an aromatic ring is 1. The molecule has 0 unspecified atom stereocenters. The SMILES string of the molecule is COCC1=CCN(c2ccc(N)cn2)CC1. The van der Waals surface area contributed by atoms with Gasteiger partial charge in [-0.25, -0.2) is 4.98 Å². The van der Waals surface area contributed by atoms with Crippen molar-refractivity contribution in [2.75, 3.05) is 37.4 Å². The van der Waals surface area contributed by atoms with E-state index in [1.807, 2.05) is 12.1 Å². The summed E-state index contributed by atoms with van der Waals surface area (Å²) in [7, 11) is 1.73. The van der Waals surface area contributed by atoms with Crippen molar-refractivity contribution in [3.8, 4) is 0 Å². The van der Waals surface area contributed by atoms with E-state index < -0.39 is 0 Å². The first kappa shape index (κ1) is 11.0. The molecule has 4 nitrogen and oxygen atoms in total. The van der Waals surface area contributed by atoms with Crippen molar-refractivity contribution < 1.29 is 4.74 Å². The van der Waals surface area contributed by atoms with Gasteiger partial charge in [0, 0.05) is 20.2 Å². The second-order valence-corrected chi connectivity index (χ2v) is 3.94. The van der Waals surface area contributed by atoms with Gasteiger partial charge in [0.05, 0.1) is 18.5 Å². The highest BCUT2D eigenvalue weighted by Gasteiger charge is 2.12. The van der Waals surface area contributed by atoms with Crippen LogP contribution < -0.4 is 10.6 Å². The Morgan fingerprint density at radius 2 is 2.38 bits per heavy atom. The molecule has 86 valence electrons. The van der Waals surface area contributed by atoms with Gasteiger partial charge in [-0.1, -0.05) is 6.08 Å². The molecule has 0 aliphatic carbocycles. The average Bonchev–Trinajstić information content (AvgIpc) is 2.32. The Hall–Kier alpha value is -1.55. The van der Waals surface area contributed by atoms with Crippen molar-refractivity contribution in [1.29, 1.82) is 0 Å². The van der Waals surface area contributed by atoms with Gasteiger partial charge >= 0.3 is 0 Å². The minimum absolute atomic E-state index is 0.705. The third-order valence-electron chi connectivity index (χ3n) is 2.73. The van der Waals surface area contributed by atoms with Crippen molar-refractivity contribution in [3.63, 3.8) is 0 Å². The van der Waals surface area contributed by atoms with Gasteiger partial charge in [-0.2, -0.15) is 0 Å². The van der Waals surface area contributed by atoms with Gasteiger partial charge < -0.3 is 15.4 Å². The Bertz CT molecular complexity index is 372. The van der Waals surface area contributed by atoms with Gasteiger partial charge in [0.1, 0.15) is 5.82 Å². The van der Waals surface area contributed by atoms with Crippen LogP contribution >= 0.6 is 0 Å². The smallest absolute Gasteiger partial charge is 0.128 e. The second kappa shape index (κ2) is 4.99. The Balaban J connectivity index is 2.01. The average molecular weight is 219 g/mol. The summed E-state index contributed by atoms with van der Waals surface area (Å²) in [5, 5.41) is 0. The van der Waals surface area contributed by atoms with Crippen LogP contribution in [0.4, 0.5) is 11.5 Å². The van der Waals surface area contributed by atoms with Gasteiger partial charge in [-0.05, 0) is 24.1 Å². The molecule has 0 saturated carbocycles. The monoisotopic (exact) mass is 219 g/mol. The normalized spacial score (nSPS) is 16.1. The molecule has 0 radical (unpaired) electrons. The third-order valence-corrected chi connectivity index (χ3v) is 2.73. The van der Waals surface area contributed by atoms with Crippen LogP contribution in [0.1, 0.15) is 6.42 Å². The maximum Gasteiger partial charge on any atom is 0.128 e. The molecule has 0 aromatic carbocycles. The number of ether oxygens (including phenoxy) is 1. The molecular weight excluding hydrogens is 202 g/mol. The number of methoxy groups -OCH3 is 1. The van der Waals surface area contributed by atoms with E-state index in [4.69, 9.17) is 10.5 Å². The third kappa shape index (κ3) is 2.52. The molecule has 2 heterocycles. The fraction of sp³-hybridized carbons (Fsp3) is 0.417. The quantitative estimate of drug-likeness (QED) is 0.782. The lowest BCUT2D eigenvalue weighted by Crippen LogP contribution is -2.29. The molecule has 0 saturated heterocycles. The number of aromatic nitrogens is 1. The summed E-state index contributed by atoms with van der Waals surface area (Å²) >= 11 is 0. The van der Waals surface area contributed by atoms with E-state index in [9.17, 15) is 0 Å². The summed E-state index contributed by atoms with van der Waals surface area (Å²) in [6.07, 6.45) is 4.95. The lowest BCUT2D eigenvalue weighted by molar-refractivity contribution is 0.222. The topological polar surface area (TPSA) is 51.4 Å². The fourth-order valence-electron chi connectivity index (χ4n) is 1.82.